The molecule has 0 atom stereocenters. The van der Waals surface area contributed by atoms with Crippen LogP contribution in [-0.2, 0) is 14.9 Å². The number of rotatable bonds is 6. The molecular weight excluding hydrogens is 302 g/mol. The predicted molar refractivity (Wildman–Crippen MR) is 94.3 cm³/mol. The van der Waals surface area contributed by atoms with Crippen LogP contribution in [-0.4, -0.2) is 32.8 Å². The monoisotopic (exact) mass is 331 g/mol. The molecule has 1 saturated heterocycles. The first kappa shape index (κ1) is 17.3. The van der Waals surface area contributed by atoms with Crippen molar-refractivity contribution in [1.29, 1.82) is 0 Å². The number of hydrogen-bond acceptors (Lipinski definition) is 3. The van der Waals surface area contributed by atoms with Gasteiger partial charge in [0.05, 0.1) is 7.11 Å². The molecular formula is C20H29NO3. The number of nitrogens with one attached hydrogen (secondary N) is 1. The molecule has 0 bridgehead atoms. The molecule has 0 aromatic heterocycles. The highest BCUT2D eigenvalue weighted by Gasteiger charge is 2.35. The maximum absolute atomic E-state index is 12.4. The third-order valence-corrected chi connectivity index (χ3v) is 5.73. The molecule has 1 saturated carbocycles. The molecule has 1 heterocycles. The Morgan fingerprint density at radius 1 is 1.21 bits per heavy atom. The highest BCUT2D eigenvalue weighted by molar-refractivity contribution is 5.76. The van der Waals surface area contributed by atoms with Gasteiger partial charge in [-0.2, -0.15) is 0 Å². The molecule has 1 aromatic carbocycles. The number of methoxy groups -OCH3 is 1. The normalized spacial score (nSPS) is 20.7. The number of amides is 1. The molecule has 1 amide bonds. The Morgan fingerprint density at radius 2 is 1.88 bits per heavy atom. The van der Waals surface area contributed by atoms with E-state index in [1.54, 1.807) is 7.11 Å². The van der Waals surface area contributed by atoms with Gasteiger partial charge in [0.2, 0.25) is 5.91 Å². The minimum absolute atomic E-state index is 0.0180. The smallest absolute Gasteiger partial charge is 0.220 e. The van der Waals surface area contributed by atoms with Gasteiger partial charge in [-0.1, -0.05) is 25.0 Å². The third-order valence-electron chi connectivity index (χ3n) is 5.73. The minimum Gasteiger partial charge on any atom is -0.497 e. The molecule has 1 aliphatic carbocycles. The summed E-state index contributed by atoms with van der Waals surface area (Å²) in [6.45, 7) is 2.21. The van der Waals surface area contributed by atoms with Gasteiger partial charge >= 0.3 is 0 Å². The van der Waals surface area contributed by atoms with Gasteiger partial charge in [0.1, 0.15) is 5.75 Å². The quantitative estimate of drug-likeness (QED) is 0.868. The van der Waals surface area contributed by atoms with Crippen molar-refractivity contribution in [2.24, 2.45) is 5.92 Å². The second-order valence-electron chi connectivity index (χ2n) is 7.25. The van der Waals surface area contributed by atoms with Crippen molar-refractivity contribution in [3.8, 4) is 5.75 Å². The van der Waals surface area contributed by atoms with Crippen LogP contribution in [0.4, 0.5) is 0 Å². The summed E-state index contributed by atoms with van der Waals surface area (Å²) < 4.78 is 10.8. The topological polar surface area (TPSA) is 47.6 Å². The summed E-state index contributed by atoms with van der Waals surface area (Å²) in [5, 5.41) is 3.22. The molecule has 0 unspecified atom stereocenters. The van der Waals surface area contributed by atoms with E-state index in [0.29, 0.717) is 18.9 Å². The Labute approximate surface area is 144 Å². The Bertz CT molecular complexity index is 528. The Kier molecular flexibility index (Phi) is 5.77. The van der Waals surface area contributed by atoms with Crippen molar-refractivity contribution in [1.82, 2.24) is 5.32 Å². The van der Waals surface area contributed by atoms with Crippen LogP contribution >= 0.6 is 0 Å². The van der Waals surface area contributed by atoms with E-state index in [1.807, 2.05) is 12.1 Å². The minimum atomic E-state index is -0.0180. The fraction of sp³-hybridized carbons (Fsp3) is 0.650. The van der Waals surface area contributed by atoms with Crippen molar-refractivity contribution in [3.63, 3.8) is 0 Å². The predicted octanol–water partition coefficient (Wildman–Crippen LogP) is 3.44. The molecule has 1 aromatic rings. The summed E-state index contributed by atoms with van der Waals surface area (Å²) in [5.41, 5.74) is 1.25. The largest absolute Gasteiger partial charge is 0.497 e. The van der Waals surface area contributed by atoms with E-state index < -0.39 is 0 Å². The SMILES string of the molecule is COc1ccc(C2(CNC(=O)CC3CCCC3)CCOCC2)cc1. The lowest BCUT2D eigenvalue weighted by atomic mass is 9.74. The molecule has 4 nitrogen and oxygen atoms in total. The Balaban J connectivity index is 1.65. The lowest BCUT2D eigenvalue weighted by molar-refractivity contribution is -0.122. The second-order valence-corrected chi connectivity index (χ2v) is 7.25. The first-order valence-corrected chi connectivity index (χ1v) is 9.21. The van der Waals surface area contributed by atoms with Crippen LogP contribution in [0.1, 0.15) is 50.5 Å². The van der Waals surface area contributed by atoms with Crippen LogP contribution in [0.25, 0.3) is 0 Å². The van der Waals surface area contributed by atoms with Crippen LogP contribution in [0.15, 0.2) is 24.3 Å². The van der Waals surface area contributed by atoms with Crippen molar-refractivity contribution >= 4 is 5.91 Å². The van der Waals surface area contributed by atoms with E-state index in [2.05, 4.69) is 17.4 Å². The summed E-state index contributed by atoms with van der Waals surface area (Å²) in [4.78, 5) is 12.4. The number of carbonyl (C=O) groups excluding carboxylic acids is 1. The molecule has 24 heavy (non-hydrogen) atoms. The number of ether oxygens (including phenoxy) is 2. The van der Waals surface area contributed by atoms with Gasteiger partial charge in [0.15, 0.2) is 0 Å². The average Bonchev–Trinajstić information content (AvgIpc) is 3.14. The van der Waals surface area contributed by atoms with Crippen molar-refractivity contribution in [2.45, 2.75) is 50.4 Å². The van der Waals surface area contributed by atoms with Gasteiger partial charge in [0.25, 0.3) is 0 Å². The zero-order chi connectivity index (χ0) is 16.8. The van der Waals surface area contributed by atoms with Crippen molar-refractivity contribution in [3.05, 3.63) is 29.8 Å². The van der Waals surface area contributed by atoms with Crippen LogP contribution in [0.3, 0.4) is 0 Å². The summed E-state index contributed by atoms with van der Waals surface area (Å²) in [6.07, 6.45) is 7.58. The van der Waals surface area contributed by atoms with E-state index in [1.165, 1.54) is 31.2 Å². The summed E-state index contributed by atoms with van der Waals surface area (Å²) in [7, 11) is 1.68. The lowest BCUT2D eigenvalue weighted by Gasteiger charge is -2.38. The molecule has 1 N–H and O–H groups in total. The highest BCUT2D eigenvalue weighted by atomic mass is 16.5. The fourth-order valence-corrected chi connectivity index (χ4v) is 4.09. The molecule has 132 valence electrons. The molecule has 2 aliphatic rings. The van der Waals surface area contributed by atoms with Crippen molar-refractivity contribution < 1.29 is 14.3 Å². The highest BCUT2D eigenvalue weighted by Crippen LogP contribution is 2.35. The molecule has 4 heteroatoms. The summed E-state index contributed by atoms with van der Waals surface area (Å²) >= 11 is 0. The van der Waals surface area contributed by atoms with E-state index >= 15 is 0 Å². The van der Waals surface area contributed by atoms with Crippen LogP contribution < -0.4 is 10.1 Å². The van der Waals surface area contributed by atoms with E-state index in [4.69, 9.17) is 9.47 Å². The lowest BCUT2D eigenvalue weighted by Crippen LogP contribution is -2.44. The molecule has 0 spiro atoms. The summed E-state index contributed by atoms with van der Waals surface area (Å²) in [6, 6.07) is 8.28. The Hall–Kier alpha value is -1.55. The molecule has 0 radical (unpaired) electrons. The van der Waals surface area contributed by atoms with Crippen LogP contribution in [0.2, 0.25) is 0 Å². The zero-order valence-electron chi connectivity index (χ0n) is 14.7. The van der Waals surface area contributed by atoms with Gasteiger partial charge in [0, 0.05) is 31.6 Å². The van der Waals surface area contributed by atoms with Gasteiger partial charge in [-0.15, -0.1) is 0 Å². The molecule has 1 aliphatic heterocycles. The maximum Gasteiger partial charge on any atom is 0.220 e. The summed E-state index contributed by atoms with van der Waals surface area (Å²) in [5.74, 6) is 1.67. The third kappa shape index (κ3) is 4.10. The van der Waals surface area contributed by atoms with Gasteiger partial charge < -0.3 is 14.8 Å². The van der Waals surface area contributed by atoms with Crippen molar-refractivity contribution in [2.75, 3.05) is 26.9 Å². The first-order chi connectivity index (χ1) is 11.7. The van der Waals surface area contributed by atoms with Gasteiger partial charge in [-0.25, -0.2) is 0 Å². The molecule has 3 rings (SSSR count). The van der Waals surface area contributed by atoms with Crippen LogP contribution in [0.5, 0.6) is 5.75 Å². The standard InChI is InChI=1S/C20H29NO3/c1-23-18-8-6-17(7-9-18)20(10-12-24-13-11-20)15-21-19(22)14-16-4-2-3-5-16/h6-9,16H,2-5,10-15H2,1H3,(H,21,22). The fourth-order valence-electron chi connectivity index (χ4n) is 4.09. The van der Waals surface area contributed by atoms with Crippen LogP contribution in [0, 0.1) is 5.92 Å². The average molecular weight is 331 g/mol. The zero-order valence-corrected chi connectivity index (χ0v) is 14.7. The first-order valence-electron chi connectivity index (χ1n) is 9.21. The number of hydrogen-bond donors (Lipinski definition) is 1. The van der Waals surface area contributed by atoms with E-state index in [-0.39, 0.29) is 11.3 Å². The van der Waals surface area contributed by atoms with E-state index in [9.17, 15) is 4.79 Å². The van der Waals surface area contributed by atoms with Gasteiger partial charge in [-0.3, -0.25) is 4.79 Å². The van der Waals surface area contributed by atoms with Gasteiger partial charge in [-0.05, 0) is 49.3 Å². The maximum atomic E-state index is 12.4. The Morgan fingerprint density at radius 3 is 2.50 bits per heavy atom. The number of benzene rings is 1. The van der Waals surface area contributed by atoms with E-state index in [0.717, 1.165) is 31.8 Å². The number of carbonyl (C=O) groups is 1. The second kappa shape index (κ2) is 8.02. The molecule has 2 fully saturated rings.